The maximum Gasteiger partial charge on any atom is 0.324 e. The summed E-state index contributed by atoms with van der Waals surface area (Å²) in [6, 6.07) is -0.319. The van der Waals surface area contributed by atoms with Crippen LogP contribution < -0.4 is 16.0 Å². The zero-order valence-electron chi connectivity index (χ0n) is 14.4. The van der Waals surface area contributed by atoms with Crippen molar-refractivity contribution in [1.29, 1.82) is 0 Å². The van der Waals surface area contributed by atoms with Gasteiger partial charge in [-0.2, -0.15) is 0 Å². The second kappa shape index (κ2) is 12.4. The van der Waals surface area contributed by atoms with E-state index in [-0.39, 0.29) is 42.5 Å². The van der Waals surface area contributed by atoms with E-state index in [0.717, 1.165) is 13.0 Å². The Labute approximate surface area is 156 Å². The minimum Gasteiger partial charge on any atom is -0.356 e. The van der Waals surface area contributed by atoms with Gasteiger partial charge in [-0.05, 0) is 12.3 Å². The Morgan fingerprint density at radius 1 is 1.35 bits per heavy atom. The Hall–Kier alpha value is -1.06. The Morgan fingerprint density at radius 3 is 2.61 bits per heavy atom. The van der Waals surface area contributed by atoms with Crippen LogP contribution in [0.25, 0.3) is 0 Å². The predicted molar refractivity (Wildman–Crippen MR) is 103 cm³/mol. The Bertz CT molecular complexity index is 387. The molecule has 1 aliphatic heterocycles. The number of guanidine groups is 1. The molecule has 1 unspecified atom stereocenters. The van der Waals surface area contributed by atoms with E-state index in [2.05, 4.69) is 34.8 Å². The van der Waals surface area contributed by atoms with Crippen molar-refractivity contribution in [2.75, 3.05) is 33.2 Å². The molecule has 134 valence electrons. The monoisotopic (exact) mass is 439 g/mol. The molecule has 1 fully saturated rings. The molecule has 8 heteroatoms. The van der Waals surface area contributed by atoms with Crippen molar-refractivity contribution in [1.82, 2.24) is 20.9 Å². The van der Waals surface area contributed by atoms with Crippen molar-refractivity contribution in [3.63, 3.8) is 0 Å². The van der Waals surface area contributed by atoms with Gasteiger partial charge in [0.25, 0.3) is 0 Å². The molecule has 0 aromatic rings. The number of hydrogen-bond acceptors (Lipinski definition) is 3. The number of amides is 3. The summed E-state index contributed by atoms with van der Waals surface area (Å²) in [7, 11) is 1.72. The van der Waals surface area contributed by atoms with Gasteiger partial charge in [0.05, 0.1) is 6.54 Å². The molecule has 1 aliphatic rings. The maximum absolute atomic E-state index is 11.5. The van der Waals surface area contributed by atoms with Crippen LogP contribution in [0.15, 0.2) is 4.99 Å². The van der Waals surface area contributed by atoms with Gasteiger partial charge in [-0.3, -0.25) is 14.7 Å². The summed E-state index contributed by atoms with van der Waals surface area (Å²) in [5.41, 5.74) is 0. The van der Waals surface area contributed by atoms with E-state index in [9.17, 15) is 9.59 Å². The molecule has 0 spiro atoms. The first-order valence-electron chi connectivity index (χ1n) is 8.15. The molecule has 23 heavy (non-hydrogen) atoms. The average Bonchev–Trinajstić information content (AvgIpc) is 2.84. The van der Waals surface area contributed by atoms with Gasteiger partial charge in [-0.1, -0.05) is 33.1 Å². The highest BCUT2D eigenvalue weighted by atomic mass is 127. The summed E-state index contributed by atoms with van der Waals surface area (Å²) in [4.78, 5) is 28.2. The largest absolute Gasteiger partial charge is 0.356 e. The number of hydrogen-bond donors (Lipinski definition) is 3. The highest BCUT2D eigenvalue weighted by Gasteiger charge is 2.27. The molecule has 0 aromatic heterocycles. The van der Waals surface area contributed by atoms with Crippen LogP contribution in [0.5, 0.6) is 0 Å². The van der Waals surface area contributed by atoms with Gasteiger partial charge in [0.2, 0.25) is 5.91 Å². The fourth-order valence-electron chi connectivity index (χ4n) is 2.37. The molecule has 0 aliphatic carbocycles. The molecule has 7 nitrogen and oxygen atoms in total. The zero-order chi connectivity index (χ0) is 16.4. The molecule has 1 saturated heterocycles. The number of imide groups is 1. The lowest BCUT2D eigenvalue weighted by molar-refractivity contribution is -0.124. The molecule has 1 heterocycles. The van der Waals surface area contributed by atoms with E-state index in [1.165, 1.54) is 24.2 Å². The lowest BCUT2D eigenvalue weighted by Gasteiger charge is -2.19. The maximum atomic E-state index is 11.5. The first kappa shape index (κ1) is 21.9. The smallest absolute Gasteiger partial charge is 0.324 e. The molecule has 1 atom stereocenters. The number of aliphatic imine (C=N–C) groups is 1. The van der Waals surface area contributed by atoms with Gasteiger partial charge in [-0.15, -0.1) is 24.0 Å². The van der Waals surface area contributed by atoms with E-state index in [0.29, 0.717) is 25.0 Å². The van der Waals surface area contributed by atoms with Gasteiger partial charge in [-0.25, -0.2) is 4.79 Å². The van der Waals surface area contributed by atoms with Gasteiger partial charge in [0, 0.05) is 26.7 Å². The van der Waals surface area contributed by atoms with Crippen LogP contribution >= 0.6 is 24.0 Å². The minimum atomic E-state index is -0.319. The molecule has 1 rings (SSSR count). The molecule has 0 saturated carbocycles. The molecular weight excluding hydrogens is 409 g/mol. The number of rotatable bonds is 9. The number of halogens is 1. The van der Waals surface area contributed by atoms with Crippen LogP contribution in [0.4, 0.5) is 4.79 Å². The highest BCUT2D eigenvalue weighted by molar-refractivity contribution is 14.0. The van der Waals surface area contributed by atoms with Crippen molar-refractivity contribution in [2.45, 2.75) is 39.5 Å². The lowest BCUT2D eigenvalue weighted by atomic mass is 9.99. The number of unbranched alkanes of at least 4 members (excludes halogenated alkanes) is 1. The first-order chi connectivity index (χ1) is 10.6. The summed E-state index contributed by atoms with van der Waals surface area (Å²) >= 11 is 0. The van der Waals surface area contributed by atoms with Crippen molar-refractivity contribution in [3.05, 3.63) is 0 Å². The van der Waals surface area contributed by atoms with Crippen molar-refractivity contribution in [3.8, 4) is 0 Å². The summed E-state index contributed by atoms with van der Waals surface area (Å²) in [6.45, 7) is 6.23. The van der Waals surface area contributed by atoms with Crippen LogP contribution in [0.1, 0.15) is 39.5 Å². The standard InChI is InChI=1S/C15H29N5O2.HI/c1-4-6-7-12(5-2)10-18-14(16-3)17-8-9-20-13(21)11-19-15(20)22;/h12H,4-11H2,1-3H3,(H,19,22)(H2,16,17,18);1H. The molecule has 3 N–H and O–H groups in total. The Morgan fingerprint density at radius 2 is 2.09 bits per heavy atom. The Balaban J connectivity index is 0.00000484. The summed E-state index contributed by atoms with van der Waals surface area (Å²) in [5, 5.41) is 8.95. The predicted octanol–water partition coefficient (Wildman–Crippen LogP) is 1.54. The third-order valence-electron chi connectivity index (χ3n) is 3.89. The van der Waals surface area contributed by atoms with E-state index in [1.807, 2.05) is 0 Å². The fraction of sp³-hybridized carbons (Fsp3) is 0.800. The quantitative estimate of drug-likeness (QED) is 0.220. The second-order valence-electron chi connectivity index (χ2n) is 5.50. The van der Waals surface area contributed by atoms with Gasteiger partial charge < -0.3 is 16.0 Å². The number of carbonyl (C=O) groups is 2. The molecule has 0 radical (unpaired) electrons. The van der Waals surface area contributed by atoms with Crippen LogP contribution in [0, 0.1) is 5.92 Å². The van der Waals surface area contributed by atoms with E-state index in [4.69, 9.17) is 0 Å². The van der Waals surface area contributed by atoms with Gasteiger partial charge in [0.15, 0.2) is 5.96 Å². The third kappa shape index (κ3) is 7.85. The van der Waals surface area contributed by atoms with Crippen molar-refractivity contribution >= 4 is 41.9 Å². The SMILES string of the molecule is CCCCC(CC)CNC(=NC)NCCN1C(=O)CNC1=O.I. The third-order valence-corrected chi connectivity index (χ3v) is 3.89. The van der Waals surface area contributed by atoms with E-state index >= 15 is 0 Å². The number of urea groups is 1. The molecule has 3 amide bonds. The van der Waals surface area contributed by atoms with Crippen molar-refractivity contribution < 1.29 is 9.59 Å². The highest BCUT2D eigenvalue weighted by Crippen LogP contribution is 2.10. The zero-order valence-corrected chi connectivity index (χ0v) is 16.7. The summed E-state index contributed by atoms with van der Waals surface area (Å²) in [5.74, 6) is 1.17. The molecular formula is C15H30IN5O2. The molecule has 0 aromatic carbocycles. The van der Waals surface area contributed by atoms with Crippen molar-refractivity contribution in [2.24, 2.45) is 10.9 Å². The summed E-state index contributed by atoms with van der Waals surface area (Å²) in [6.07, 6.45) is 4.83. The minimum absolute atomic E-state index is 0. The van der Waals surface area contributed by atoms with Crippen LogP contribution in [0.2, 0.25) is 0 Å². The van der Waals surface area contributed by atoms with Crippen LogP contribution in [-0.4, -0.2) is 56.0 Å². The van der Waals surface area contributed by atoms with Crippen LogP contribution in [-0.2, 0) is 4.79 Å². The number of nitrogens with one attached hydrogen (secondary N) is 3. The van der Waals surface area contributed by atoms with Gasteiger partial charge >= 0.3 is 6.03 Å². The lowest BCUT2D eigenvalue weighted by Crippen LogP contribution is -2.44. The topological polar surface area (TPSA) is 85.8 Å². The average molecular weight is 439 g/mol. The fourth-order valence-corrected chi connectivity index (χ4v) is 2.37. The van der Waals surface area contributed by atoms with Crippen LogP contribution in [0.3, 0.4) is 0 Å². The van der Waals surface area contributed by atoms with Gasteiger partial charge in [0.1, 0.15) is 0 Å². The second-order valence-corrected chi connectivity index (χ2v) is 5.50. The van der Waals surface area contributed by atoms with E-state index in [1.54, 1.807) is 7.05 Å². The number of carbonyl (C=O) groups excluding carboxylic acids is 2. The normalized spacial score (nSPS) is 16.0. The summed E-state index contributed by atoms with van der Waals surface area (Å²) < 4.78 is 0. The molecule has 0 bridgehead atoms. The first-order valence-corrected chi connectivity index (χ1v) is 8.15. The Kier molecular flexibility index (Phi) is 11.8. The van der Waals surface area contributed by atoms with E-state index < -0.39 is 0 Å². The number of nitrogens with zero attached hydrogens (tertiary/aromatic N) is 2.